The van der Waals surface area contributed by atoms with E-state index in [9.17, 15) is 22.4 Å². The molecule has 0 radical (unpaired) electrons. The Morgan fingerprint density at radius 3 is 2.09 bits per heavy atom. The van der Waals surface area contributed by atoms with Gasteiger partial charge in [0.15, 0.2) is 0 Å². The van der Waals surface area contributed by atoms with Gasteiger partial charge in [0.1, 0.15) is 11.4 Å². The minimum absolute atomic E-state index is 0.0175. The fourth-order valence-corrected chi connectivity index (χ4v) is 5.43. The van der Waals surface area contributed by atoms with Crippen LogP contribution in [0.5, 0.6) is 0 Å². The molecule has 1 fully saturated rings. The molecular weight excluding hydrogens is 457 g/mol. The van der Waals surface area contributed by atoms with Crippen molar-refractivity contribution in [3.63, 3.8) is 0 Å². The zero-order valence-corrected chi connectivity index (χ0v) is 20.5. The summed E-state index contributed by atoms with van der Waals surface area (Å²) in [5.74, 6) is -0.770. The van der Waals surface area contributed by atoms with E-state index in [0.29, 0.717) is 37.2 Å². The molecule has 0 heterocycles. The van der Waals surface area contributed by atoms with Crippen molar-refractivity contribution in [3.05, 3.63) is 59.9 Å². The quantitative estimate of drug-likeness (QED) is 0.559. The van der Waals surface area contributed by atoms with Gasteiger partial charge in [0.25, 0.3) is 10.0 Å². The van der Waals surface area contributed by atoms with Gasteiger partial charge in [-0.15, -0.1) is 0 Å². The van der Waals surface area contributed by atoms with Crippen LogP contribution in [0, 0.1) is 5.82 Å². The van der Waals surface area contributed by atoms with Crippen LogP contribution in [-0.2, 0) is 26.0 Å². The molecule has 1 aliphatic rings. The molecule has 0 aromatic heterocycles. The van der Waals surface area contributed by atoms with Crippen molar-refractivity contribution in [3.8, 4) is 0 Å². The van der Waals surface area contributed by atoms with Crippen molar-refractivity contribution in [1.29, 1.82) is 0 Å². The maximum atomic E-state index is 13.2. The van der Waals surface area contributed by atoms with Crippen LogP contribution >= 0.6 is 0 Å². The summed E-state index contributed by atoms with van der Waals surface area (Å²) in [6.07, 6.45) is 4.21. The number of amides is 2. The Morgan fingerprint density at radius 1 is 0.941 bits per heavy atom. The first-order valence-electron chi connectivity index (χ1n) is 11.7. The van der Waals surface area contributed by atoms with Crippen LogP contribution in [0.3, 0.4) is 0 Å². The molecule has 34 heavy (non-hydrogen) atoms. The molecule has 184 valence electrons. The average Bonchev–Trinajstić information content (AvgIpc) is 2.81. The second-order valence-corrected chi connectivity index (χ2v) is 10.3. The summed E-state index contributed by atoms with van der Waals surface area (Å²) >= 11 is 0. The second kappa shape index (κ2) is 11.0. The highest BCUT2D eigenvalue weighted by atomic mass is 32.2. The number of likely N-dealkylation sites (N-methyl/N-ethyl adjacent to an activating group) is 1. The van der Waals surface area contributed by atoms with Crippen molar-refractivity contribution >= 4 is 27.5 Å². The standard InChI is InChI=1S/C25H32FN3O4S/c1-3-29(4-2)24(31)25(16-6-5-7-17-25)27-23(30)18-19-8-12-21(13-9-19)28-34(32,33)22-14-10-20(26)11-15-22/h8-15,28H,3-7,16-18H2,1-2H3,(H,27,30). The Bertz CT molecular complexity index is 1090. The first-order valence-corrected chi connectivity index (χ1v) is 13.1. The highest BCUT2D eigenvalue weighted by molar-refractivity contribution is 7.92. The van der Waals surface area contributed by atoms with E-state index in [1.54, 1.807) is 29.2 Å². The van der Waals surface area contributed by atoms with Gasteiger partial charge < -0.3 is 10.2 Å². The highest BCUT2D eigenvalue weighted by Gasteiger charge is 2.42. The molecule has 2 aromatic rings. The lowest BCUT2D eigenvalue weighted by Gasteiger charge is -2.40. The lowest BCUT2D eigenvalue weighted by atomic mass is 9.80. The number of hydrogen-bond acceptors (Lipinski definition) is 4. The average molecular weight is 490 g/mol. The summed E-state index contributed by atoms with van der Waals surface area (Å²) in [6, 6.07) is 11.0. The molecule has 7 nitrogen and oxygen atoms in total. The predicted molar refractivity (Wildman–Crippen MR) is 129 cm³/mol. The third-order valence-electron chi connectivity index (χ3n) is 6.24. The van der Waals surface area contributed by atoms with E-state index in [1.165, 1.54) is 12.1 Å². The summed E-state index contributed by atoms with van der Waals surface area (Å²) in [5.41, 5.74) is 0.170. The number of rotatable bonds is 9. The summed E-state index contributed by atoms with van der Waals surface area (Å²) in [6.45, 7) is 5.07. The molecular formula is C25H32FN3O4S. The van der Waals surface area contributed by atoms with Gasteiger partial charge in [-0.1, -0.05) is 31.4 Å². The first-order chi connectivity index (χ1) is 16.2. The Kier molecular flexibility index (Phi) is 8.30. The molecule has 1 saturated carbocycles. The van der Waals surface area contributed by atoms with Gasteiger partial charge in [-0.05, 0) is 68.7 Å². The van der Waals surface area contributed by atoms with Crippen LogP contribution < -0.4 is 10.0 Å². The lowest BCUT2D eigenvalue weighted by molar-refractivity contribution is -0.143. The van der Waals surface area contributed by atoms with Crippen LogP contribution in [0.1, 0.15) is 51.5 Å². The molecule has 0 spiro atoms. The number of nitrogens with one attached hydrogen (secondary N) is 2. The number of carbonyl (C=O) groups excluding carboxylic acids is 2. The van der Waals surface area contributed by atoms with Gasteiger partial charge >= 0.3 is 0 Å². The Morgan fingerprint density at radius 2 is 1.53 bits per heavy atom. The molecule has 1 aliphatic carbocycles. The molecule has 0 saturated heterocycles. The summed E-state index contributed by atoms with van der Waals surface area (Å²) in [4.78, 5) is 27.8. The minimum Gasteiger partial charge on any atom is -0.341 e. The van der Waals surface area contributed by atoms with Crippen molar-refractivity contribution in [2.45, 2.75) is 62.8 Å². The maximum absolute atomic E-state index is 13.2. The molecule has 3 rings (SSSR count). The lowest BCUT2D eigenvalue weighted by Crippen LogP contribution is -2.60. The zero-order valence-electron chi connectivity index (χ0n) is 19.6. The molecule has 2 aromatic carbocycles. The van der Waals surface area contributed by atoms with Gasteiger partial charge in [-0.2, -0.15) is 0 Å². The summed E-state index contributed by atoms with van der Waals surface area (Å²) < 4.78 is 40.5. The number of carbonyl (C=O) groups is 2. The fourth-order valence-electron chi connectivity index (χ4n) is 4.38. The highest BCUT2D eigenvalue weighted by Crippen LogP contribution is 2.30. The number of anilines is 1. The molecule has 9 heteroatoms. The van der Waals surface area contributed by atoms with Crippen LogP contribution in [0.25, 0.3) is 0 Å². The smallest absolute Gasteiger partial charge is 0.261 e. The molecule has 2 N–H and O–H groups in total. The SMILES string of the molecule is CCN(CC)C(=O)C1(NC(=O)Cc2ccc(NS(=O)(=O)c3ccc(F)cc3)cc2)CCCCC1. The molecule has 0 unspecified atom stereocenters. The number of sulfonamides is 1. The minimum atomic E-state index is -3.85. The third kappa shape index (κ3) is 6.14. The Labute approximate surface area is 200 Å². The Hall–Kier alpha value is -2.94. The predicted octanol–water partition coefficient (Wildman–Crippen LogP) is 3.86. The van der Waals surface area contributed by atoms with E-state index < -0.39 is 21.4 Å². The molecule has 2 amide bonds. The van der Waals surface area contributed by atoms with E-state index in [1.807, 2.05) is 13.8 Å². The zero-order chi connectivity index (χ0) is 24.8. The topological polar surface area (TPSA) is 95.6 Å². The van der Waals surface area contributed by atoms with Crippen LogP contribution in [0.4, 0.5) is 10.1 Å². The summed E-state index contributed by atoms with van der Waals surface area (Å²) in [5, 5.41) is 3.04. The molecule has 0 aliphatic heterocycles. The van der Waals surface area contributed by atoms with Crippen molar-refractivity contribution in [1.82, 2.24) is 10.2 Å². The van der Waals surface area contributed by atoms with E-state index >= 15 is 0 Å². The third-order valence-corrected chi connectivity index (χ3v) is 7.64. The molecule has 0 bridgehead atoms. The van der Waals surface area contributed by atoms with Crippen LogP contribution in [-0.4, -0.2) is 43.8 Å². The monoisotopic (exact) mass is 489 g/mol. The van der Waals surface area contributed by atoms with Gasteiger partial charge in [0, 0.05) is 18.8 Å². The van der Waals surface area contributed by atoms with E-state index in [0.717, 1.165) is 31.4 Å². The molecule has 0 atom stereocenters. The normalized spacial score (nSPS) is 15.4. The van der Waals surface area contributed by atoms with E-state index in [4.69, 9.17) is 0 Å². The fraction of sp³-hybridized carbons (Fsp3) is 0.440. The van der Waals surface area contributed by atoms with Crippen molar-refractivity contribution in [2.24, 2.45) is 0 Å². The number of halogens is 1. The van der Waals surface area contributed by atoms with Gasteiger partial charge in [0.05, 0.1) is 11.3 Å². The van der Waals surface area contributed by atoms with Gasteiger partial charge in [0.2, 0.25) is 11.8 Å². The maximum Gasteiger partial charge on any atom is 0.261 e. The Balaban J connectivity index is 1.66. The van der Waals surface area contributed by atoms with Gasteiger partial charge in [-0.25, -0.2) is 12.8 Å². The number of nitrogens with zero attached hydrogens (tertiary/aromatic N) is 1. The summed E-state index contributed by atoms with van der Waals surface area (Å²) in [7, 11) is -3.85. The van der Waals surface area contributed by atoms with Gasteiger partial charge in [-0.3, -0.25) is 14.3 Å². The second-order valence-electron chi connectivity index (χ2n) is 8.60. The first kappa shape index (κ1) is 25.7. The van der Waals surface area contributed by atoms with Crippen LogP contribution in [0.15, 0.2) is 53.4 Å². The largest absolute Gasteiger partial charge is 0.341 e. The van der Waals surface area contributed by atoms with Crippen molar-refractivity contribution in [2.75, 3.05) is 17.8 Å². The van der Waals surface area contributed by atoms with E-state index in [2.05, 4.69) is 10.0 Å². The van der Waals surface area contributed by atoms with Crippen LogP contribution in [0.2, 0.25) is 0 Å². The number of benzene rings is 2. The van der Waals surface area contributed by atoms with E-state index in [-0.39, 0.29) is 23.1 Å². The number of hydrogen-bond donors (Lipinski definition) is 2. The van der Waals surface area contributed by atoms with Crippen molar-refractivity contribution < 1.29 is 22.4 Å².